The second kappa shape index (κ2) is 12.4. The van der Waals surface area contributed by atoms with Gasteiger partial charge in [0.05, 0.1) is 11.5 Å². The van der Waals surface area contributed by atoms with Gasteiger partial charge in [-0.3, -0.25) is 0 Å². The van der Waals surface area contributed by atoms with Crippen LogP contribution in [0.4, 0.5) is 0 Å². The van der Waals surface area contributed by atoms with Gasteiger partial charge < -0.3 is 0 Å². The number of thiol groups is 2. The molecule has 15 heavy (non-hydrogen) atoms. The molecular formula is C6H12Cl2N2PdS4+2. The zero-order chi connectivity index (χ0) is 11.5. The van der Waals surface area contributed by atoms with Crippen LogP contribution in [0.3, 0.4) is 0 Å². The summed E-state index contributed by atoms with van der Waals surface area (Å²) >= 11 is 11.6. The Hall–Kier alpha value is 1.98. The first-order valence-electron chi connectivity index (χ1n) is 3.88. The molecule has 92 valence electrons. The van der Waals surface area contributed by atoms with Crippen molar-refractivity contribution < 1.29 is 25.9 Å². The van der Waals surface area contributed by atoms with E-state index in [1.807, 2.05) is 0 Å². The summed E-state index contributed by atoms with van der Waals surface area (Å²) in [7, 11) is 9.63. The third kappa shape index (κ3) is 12.2. The molecule has 0 fully saturated rings. The maximum atomic E-state index is 4.81. The van der Waals surface area contributed by atoms with Gasteiger partial charge in [0.2, 0.25) is 0 Å². The first-order valence-corrected chi connectivity index (χ1v) is 10.7. The van der Waals surface area contributed by atoms with Gasteiger partial charge >= 0.3 is 35.0 Å². The summed E-state index contributed by atoms with van der Waals surface area (Å²) in [5, 5.41) is 0. The SMILES string of the molecule is SC1=[NH+]CCS1.SC1=[NH+]CCS1.[Cl][Pd][Cl]. The van der Waals surface area contributed by atoms with Crippen molar-refractivity contribution in [2.24, 2.45) is 0 Å². The Balaban J connectivity index is 0.000000210. The van der Waals surface area contributed by atoms with Gasteiger partial charge in [-0.1, -0.05) is 25.3 Å². The molecular weight excluding hydrogens is 406 g/mol. The Kier molecular flexibility index (Phi) is 14.1. The van der Waals surface area contributed by atoms with E-state index in [1.54, 1.807) is 23.5 Å². The van der Waals surface area contributed by atoms with Crippen LogP contribution in [0.2, 0.25) is 0 Å². The molecule has 0 saturated carbocycles. The molecule has 0 aromatic rings. The Labute approximate surface area is 126 Å². The average molecular weight is 418 g/mol. The molecule has 0 bridgehead atoms. The first-order chi connectivity index (χ1) is 7.20. The molecule has 2 N–H and O–H groups in total. The van der Waals surface area contributed by atoms with E-state index in [9.17, 15) is 0 Å². The van der Waals surface area contributed by atoms with Gasteiger partial charge in [-0.05, 0) is 23.5 Å². The van der Waals surface area contributed by atoms with Gasteiger partial charge in [-0.25, -0.2) is 9.98 Å². The Morgan fingerprint density at radius 2 is 1.33 bits per heavy atom. The monoisotopic (exact) mass is 416 g/mol. The number of thioether (sulfide) groups is 2. The number of hydrogen-bond acceptors (Lipinski definition) is 2. The molecule has 0 spiro atoms. The van der Waals surface area contributed by atoms with Crippen LogP contribution in [0.5, 0.6) is 0 Å². The fourth-order valence-corrected chi connectivity index (χ4v) is 2.69. The maximum absolute atomic E-state index is 4.81. The summed E-state index contributed by atoms with van der Waals surface area (Å²) in [6, 6.07) is 0. The predicted molar refractivity (Wildman–Crippen MR) is 76.3 cm³/mol. The molecule has 2 aliphatic rings. The van der Waals surface area contributed by atoms with E-state index in [0.717, 1.165) is 21.8 Å². The van der Waals surface area contributed by atoms with Crippen LogP contribution in [0, 0.1) is 0 Å². The van der Waals surface area contributed by atoms with Crippen LogP contribution in [0.1, 0.15) is 0 Å². The Morgan fingerprint density at radius 3 is 1.40 bits per heavy atom. The van der Waals surface area contributed by atoms with Gasteiger partial charge in [-0.15, -0.1) is 0 Å². The molecule has 0 aromatic heterocycles. The van der Waals surface area contributed by atoms with E-state index in [-0.39, 0.29) is 15.9 Å². The van der Waals surface area contributed by atoms with Crippen molar-refractivity contribution >= 4 is 76.6 Å². The molecule has 9 heteroatoms. The fraction of sp³-hybridized carbons (Fsp3) is 0.667. The van der Waals surface area contributed by atoms with Crippen molar-refractivity contribution in [3.63, 3.8) is 0 Å². The van der Waals surface area contributed by atoms with Crippen molar-refractivity contribution in [1.29, 1.82) is 0 Å². The zero-order valence-electron chi connectivity index (χ0n) is 7.61. The van der Waals surface area contributed by atoms with Gasteiger partial charge in [0.1, 0.15) is 0 Å². The van der Waals surface area contributed by atoms with Crippen LogP contribution < -0.4 is 9.98 Å². The number of nitrogens with one attached hydrogen (secondary N) is 2. The first kappa shape index (κ1) is 17.0. The van der Waals surface area contributed by atoms with E-state index in [2.05, 4.69) is 35.2 Å². The summed E-state index contributed by atoms with van der Waals surface area (Å²) in [5.41, 5.74) is 0. The van der Waals surface area contributed by atoms with E-state index in [1.165, 1.54) is 11.5 Å². The molecule has 0 radical (unpaired) electrons. The van der Waals surface area contributed by atoms with Crippen molar-refractivity contribution in [3.8, 4) is 0 Å². The standard InChI is InChI=1S/2C3H5NS2.2ClH.Pd/c2*5-3-4-1-2-6-3;;;/h2*1-2H2,(H,4,5);2*1H;/q;;;;+2. The molecule has 2 heterocycles. The molecule has 0 aliphatic carbocycles. The molecule has 0 unspecified atom stereocenters. The second-order valence-electron chi connectivity index (χ2n) is 2.21. The number of hydrogen-bond donors (Lipinski definition) is 4. The molecule has 0 amide bonds. The quantitative estimate of drug-likeness (QED) is 0.318. The van der Waals surface area contributed by atoms with E-state index < -0.39 is 0 Å². The summed E-state index contributed by atoms with van der Waals surface area (Å²) < 4.78 is 2.13. The van der Waals surface area contributed by atoms with Crippen molar-refractivity contribution in [3.05, 3.63) is 0 Å². The van der Waals surface area contributed by atoms with Gasteiger partial charge in [-0.2, -0.15) is 0 Å². The van der Waals surface area contributed by atoms with Crippen LogP contribution in [-0.4, -0.2) is 33.3 Å². The van der Waals surface area contributed by atoms with Crippen molar-refractivity contribution in [2.75, 3.05) is 24.6 Å². The van der Waals surface area contributed by atoms with Crippen molar-refractivity contribution in [1.82, 2.24) is 0 Å². The third-order valence-corrected chi connectivity index (χ3v) is 3.98. The molecule has 2 aliphatic heterocycles. The zero-order valence-corrected chi connectivity index (χ0v) is 14.1. The third-order valence-electron chi connectivity index (χ3n) is 1.23. The Morgan fingerprint density at radius 1 is 1.00 bits per heavy atom. The van der Waals surface area contributed by atoms with Crippen LogP contribution >= 0.6 is 67.8 Å². The van der Waals surface area contributed by atoms with E-state index in [0.29, 0.717) is 0 Å². The summed E-state index contributed by atoms with van der Waals surface area (Å²) in [4.78, 5) is 6.13. The normalized spacial score (nSPS) is 18.4. The predicted octanol–water partition coefficient (Wildman–Crippen LogP) is -0.424. The van der Waals surface area contributed by atoms with Crippen molar-refractivity contribution in [2.45, 2.75) is 0 Å². The van der Waals surface area contributed by atoms with Crippen LogP contribution in [0.15, 0.2) is 0 Å². The molecule has 0 saturated heterocycles. The summed E-state index contributed by atoms with van der Waals surface area (Å²) in [6.45, 7) is 2.17. The number of halogens is 2. The second-order valence-corrected chi connectivity index (χ2v) is 8.28. The fourth-order valence-electron chi connectivity index (χ4n) is 0.713. The number of rotatable bonds is 0. The molecule has 2 rings (SSSR count). The topological polar surface area (TPSA) is 27.9 Å². The minimum atomic E-state index is -0.106. The van der Waals surface area contributed by atoms with Crippen LogP contribution in [-0.2, 0) is 15.9 Å². The van der Waals surface area contributed by atoms with Gasteiger partial charge in [0.15, 0.2) is 13.1 Å². The van der Waals surface area contributed by atoms with Crippen LogP contribution in [0.25, 0.3) is 0 Å². The molecule has 0 atom stereocenters. The minimum absolute atomic E-state index is 0.106. The summed E-state index contributed by atoms with van der Waals surface area (Å²) in [6.07, 6.45) is 0. The average Bonchev–Trinajstić information content (AvgIpc) is 2.81. The van der Waals surface area contributed by atoms with E-state index in [4.69, 9.17) is 19.1 Å². The Bertz CT molecular complexity index is 205. The molecule has 2 nitrogen and oxygen atoms in total. The van der Waals surface area contributed by atoms with E-state index >= 15 is 0 Å². The summed E-state index contributed by atoms with van der Waals surface area (Å²) in [5.74, 6) is 2.36. The van der Waals surface area contributed by atoms with Gasteiger partial charge in [0.25, 0.3) is 8.75 Å². The molecule has 0 aromatic carbocycles. The van der Waals surface area contributed by atoms with Gasteiger partial charge in [0, 0.05) is 0 Å².